The van der Waals surface area contributed by atoms with Gasteiger partial charge in [0.2, 0.25) is 12.3 Å². The van der Waals surface area contributed by atoms with Gasteiger partial charge in [0.05, 0.1) is 37.0 Å². The number of carbonyl (C=O) groups excluding carboxylic acids is 3. The van der Waals surface area contributed by atoms with Crippen LogP contribution in [0.25, 0.3) is 0 Å². The van der Waals surface area contributed by atoms with Crippen molar-refractivity contribution in [1.82, 2.24) is 0 Å². The summed E-state index contributed by atoms with van der Waals surface area (Å²) < 4.78 is 0.690. The Morgan fingerprint density at radius 2 is 2.14 bits per heavy atom. The standard InChI is InChI=1S/C13H18N4O3S/c1-17(5-3-10(14)19)4-2-8-9(6-17)21-13(16-7-18)11(8)12(15)20/h7H,2-6H2,1H3,(H4-,14,15,16,18,19,20)/p+1. The van der Waals surface area contributed by atoms with Gasteiger partial charge >= 0.3 is 0 Å². The van der Waals surface area contributed by atoms with Crippen LogP contribution in [0.15, 0.2) is 0 Å². The smallest absolute Gasteiger partial charge is 0.252 e. The summed E-state index contributed by atoms with van der Waals surface area (Å²) >= 11 is 1.38. The highest BCUT2D eigenvalue weighted by Crippen LogP contribution is 2.38. The van der Waals surface area contributed by atoms with Crippen molar-refractivity contribution in [3.8, 4) is 0 Å². The number of nitrogens with zero attached hydrogens (tertiary/aromatic N) is 1. The van der Waals surface area contributed by atoms with Gasteiger partial charge in [-0.15, -0.1) is 11.3 Å². The Morgan fingerprint density at radius 1 is 1.43 bits per heavy atom. The summed E-state index contributed by atoms with van der Waals surface area (Å²) in [6.45, 7) is 2.17. The van der Waals surface area contributed by atoms with Crippen LogP contribution in [-0.4, -0.2) is 42.8 Å². The van der Waals surface area contributed by atoms with E-state index in [9.17, 15) is 14.4 Å². The van der Waals surface area contributed by atoms with Gasteiger partial charge in [0.1, 0.15) is 11.5 Å². The Kier molecular flexibility index (Phi) is 4.29. The van der Waals surface area contributed by atoms with E-state index in [1.807, 2.05) is 0 Å². The minimum atomic E-state index is -0.523. The van der Waals surface area contributed by atoms with Crippen molar-refractivity contribution in [2.24, 2.45) is 11.5 Å². The van der Waals surface area contributed by atoms with Crippen LogP contribution in [0.1, 0.15) is 27.2 Å². The molecule has 3 amide bonds. The van der Waals surface area contributed by atoms with Gasteiger partial charge < -0.3 is 21.3 Å². The largest absolute Gasteiger partial charge is 0.369 e. The second kappa shape index (κ2) is 5.82. The fourth-order valence-corrected chi connectivity index (χ4v) is 4.08. The number of anilines is 1. The lowest BCUT2D eigenvalue weighted by molar-refractivity contribution is -0.923. The molecule has 7 nitrogen and oxygen atoms in total. The van der Waals surface area contributed by atoms with Gasteiger partial charge in [-0.25, -0.2) is 0 Å². The van der Waals surface area contributed by atoms with E-state index in [1.165, 1.54) is 11.3 Å². The van der Waals surface area contributed by atoms with E-state index in [1.54, 1.807) is 0 Å². The number of likely N-dealkylation sites (N-methyl/N-ethyl adjacent to an activating group) is 1. The van der Waals surface area contributed by atoms with Crippen molar-refractivity contribution in [2.75, 3.05) is 25.5 Å². The summed E-state index contributed by atoms with van der Waals surface area (Å²) in [6.07, 6.45) is 1.57. The molecule has 0 aliphatic carbocycles. The van der Waals surface area contributed by atoms with E-state index in [2.05, 4.69) is 12.4 Å². The van der Waals surface area contributed by atoms with Gasteiger partial charge in [-0.2, -0.15) is 0 Å². The molecule has 0 bridgehead atoms. The predicted octanol–water partition coefficient (Wildman–Crippen LogP) is -0.207. The number of hydrogen-bond acceptors (Lipinski definition) is 4. The predicted molar refractivity (Wildman–Crippen MR) is 79.7 cm³/mol. The third-order valence-corrected chi connectivity index (χ3v) is 5.00. The zero-order valence-corrected chi connectivity index (χ0v) is 12.7. The highest BCUT2D eigenvalue weighted by molar-refractivity contribution is 7.16. The number of thiophene rings is 1. The van der Waals surface area contributed by atoms with E-state index in [0.717, 1.165) is 17.0 Å². The van der Waals surface area contributed by atoms with Crippen molar-refractivity contribution >= 4 is 34.6 Å². The van der Waals surface area contributed by atoms with Gasteiger partial charge in [0.15, 0.2) is 0 Å². The molecule has 8 heteroatoms. The van der Waals surface area contributed by atoms with Crippen LogP contribution in [0.2, 0.25) is 0 Å². The molecule has 0 fully saturated rings. The average molecular weight is 311 g/mol. The van der Waals surface area contributed by atoms with Crippen molar-refractivity contribution in [3.05, 3.63) is 16.0 Å². The molecule has 1 atom stereocenters. The van der Waals surface area contributed by atoms with Gasteiger partial charge in [-0.1, -0.05) is 0 Å². The first-order valence-electron chi connectivity index (χ1n) is 6.62. The third-order valence-electron chi connectivity index (χ3n) is 3.85. The van der Waals surface area contributed by atoms with Crippen molar-refractivity contribution < 1.29 is 18.9 Å². The highest BCUT2D eigenvalue weighted by Gasteiger charge is 2.34. The van der Waals surface area contributed by atoms with E-state index in [4.69, 9.17) is 11.5 Å². The van der Waals surface area contributed by atoms with Gasteiger partial charge in [-0.3, -0.25) is 14.4 Å². The molecule has 21 heavy (non-hydrogen) atoms. The van der Waals surface area contributed by atoms with Crippen molar-refractivity contribution in [3.63, 3.8) is 0 Å². The van der Waals surface area contributed by atoms with Gasteiger partial charge in [0.25, 0.3) is 5.91 Å². The van der Waals surface area contributed by atoms with Crippen LogP contribution in [-0.2, 0) is 22.6 Å². The lowest BCUT2D eigenvalue weighted by Gasteiger charge is -2.37. The maximum absolute atomic E-state index is 11.6. The molecule has 1 aliphatic rings. The summed E-state index contributed by atoms with van der Waals surface area (Å²) in [5.74, 6) is -0.836. The number of nitrogens with two attached hydrogens (primary N) is 2. The number of hydrogen-bond donors (Lipinski definition) is 3. The number of amides is 3. The molecule has 1 aliphatic heterocycles. The van der Waals surface area contributed by atoms with Crippen molar-refractivity contribution in [1.29, 1.82) is 0 Å². The molecule has 0 spiro atoms. The van der Waals surface area contributed by atoms with E-state index in [0.29, 0.717) is 47.4 Å². The van der Waals surface area contributed by atoms with Gasteiger partial charge in [-0.05, 0) is 5.56 Å². The van der Waals surface area contributed by atoms with Crippen LogP contribution in [0.3, 0.4) is 0 Å². The molecule has 2 rings (SSSR count). The Bertz CT molecular complexity index is 598. The van der Waals surface area contributed by atoms with Crippen LogP contribution >= 0.6 is 11.3 Å². The molecular weight excluding hydrogens is 292 g/mol. The molecule has 0 saturated heterocycles. The summed E-state index contributed by atoms with van der Waals surface area (Å²) in [4.78, 5) is 34.3. The second-order valence-electron chi connectivity index (χ2n) is 5.53. The number of primary amides is 2. The summed E-state index contributed by atoms with van der Waals surface area (Å²) in [5, 5.41) is 3.05. The number of fused-ring (bicyclic) bond motifs is 1. The summed E-state index contributed by atoms with van der Waals surface area (Å²) in [7, 11) is 2.06. The molecule has 0 radical (unpaired) electrons. The molecule has 0 aromatic carbocycles. The van der Waals surface area contributed by atoms with Gasteiger partial charge in [0, 0.05) is 6.42 Å². The van der Waals surface area contributed by atoms with E-state index in [-0.39, 0.29) is 5.91 Å². The Balaban J connectivity index is 2.29. The Hall–Kier alpha value is -1.93. The average Bonchev–Trinajstić information content (AvgIpc) is 2.74. The molecule has 5 N–H and O–H groups in total. The maximum atomic E-state index is 11.6. The Labute approximate surface area is 126 Å². The normalized spacial score (nSPS) is 20.6. The first-order valence-corrected chi connectivity index (χ1v) is 7.44. The monoisotopic (exact) mass is 311 g/mol. The van der Waals surface area contributed by atoms with Crippen LogP contribution in [0.5, 0.6) is 0 Å². The lowest BCUT2D eigenvalue weighted by Crippen LogP contribution is -2.48. The van der Waals surface area contributed by atoms with Crippen LogP contribution < -0.4 is 16.8 Å². The number of nitrogens with one attached hydrogen (secondary N) is 1. The number of carbonyl (C=O) groups is 3. The molecule has 0 saturated carbocycles. The second-order valence-corrected chi connectivity index (χ2v) is 6.63. The topological polar surface area (TPSA) is 115 Å². The first-order chi connectivity index (χ1) is 9.86. The summed E-state index contributed by atoms with van der Waals surface area (Å²) in [6, 6.07) is 0. The molecule has 114 valence electrons. The zero-order valence-electron chi connectivity index (χ0n) is 11.8. The quantitative estimate of drug-likeness (QED) is 0.499. The Morgan fingerprint density at radius 3 is 2.71 bits per heavy atom. The molecule has 1 aromatic rings. The molecule has 2 heterocycles. The number of rotatable bonds is 6. The molecule has 1 aromatic heterocycles. The highest BCUT2D eigenvalue weighted by atomic mass is 32.1. The summed E-state index contributed by atoms with van der Waals surface area (Å²) in [5.41, 5.74) is 12.0. The minimum absolute atomic E-state index is 0.313. The third kappa shape index (κ3) is 3.22. The van der Waals surface area contributed by atoms with Crippen LogP contribution in [0.4, 0.5) is 5.00 Å². The number of quaternary nitrogens is 1. The minimum Gasteiger partial charge on any atom is -0.369 e. The fourth-order valence-electron chi connectivity index (χ4n) is 2.70. The SMILES string of the molecule is C[N+]1(CCC(N)=O)CCc2c(sc(NC=O)c2C(N)=O)C1. The first kappa shape index (κ1) is 15.5. The van der Waals surface area contributed by atoms with E-state index >= 15 is 0 Å². The van der Waals surface area contributed by atoms with E-state index < -0.39 is 5.91 Å². The van der Waals surface area contributed by atoms with Crippen molar-refractivity contribution in [2.45, 2.75) is 19.4 Å². The fraction of sp³-hybridized carbons (Fsp3) is 0.462. The molecular formula is C13H19N4O3S+. The molecule has 1 unspecified atom stereocenters. The lowest BCUT2D eigenvalue weighted by atomic mass is 10.0. The zero-order chi connectivity index (χ0) is 15.6. The van der Waals surface area contributed by atoms with Crippen LogP contribution in [0, 0.1) is 0 Å². The maximum Gasteiger partial charge on any atom is 0.252 e.